The maximum absolute atomic E-state index is 12.5. The number of Topliss-reactive ketones (excluding diaryl/α,β-unsaturated/α-hetero) is 1. The Balaban J connectivity index is 0.000000231. The summed E-state index contributed by atoms with van der Waals surface area (Å²) < 4.78 is 5.78. The van der Waals surface area contributed by atoms with Crippen LogP contribution in [-0.2, 0) is 27.4 Å². The smallest absolute Gasteiger partial charge is 0.345 e. The van der Waals surface area contributed by atoms with E-state index in [2.05, 4.69) is 13.8 Å². The van der Waals surface area contributed by atoms with Gasteiger partial charge in [-0.25, -0.2) is 9.59 Å². The van der Waals surface area contributed by atoms with E-state index in [4.69, 9.17) is 14.9 Å². The number of nitrogens with zero attached hydrogens (tertiary/aromatic N) is 2. The number of amides is 2. The highest BCUT2D eigenvalue weighted by molar-refractivity contribution is 7.14. The summed E-state index contributed by atoms with van der Waals surface area (Å²) in [5.41, 5.74) is 3.27. The van der Waals surface area contributed by atoms with Gasteiger partial charge in [-0.15, -0.1) is 22.7 Å². The molecule has 0 saturated carbocycles. The number of thiophene rings is 2. The van der Waals surface area contributed by atoms with E-state index in [1.807, 2.05) is 47.4 Å². The molecule has 0 aliphatic carbocycles. The zero-order valence-electron chi connectivity index (χ0n) is 35.4. The summed E-state index contributed by atoms with van der Waals surface area (Å²) in [6.45, 7) is 4.99. The monoisotopic (exact) mass is 872 g/mol. The number of hydrogen-bond donors (Lipinski definition) is 3. The molecule has 0 radical (unpaired) electrons. The summed E-state index contributed by atoms with van der Waals surface area (Å²) in [5, 5.41) is 28.5. The molecule has 3 atom stereocenters. The molecule has 2 aliphatic rings. The SMILES string of the molecule is CCCCCC(=O)c1ccc(N2C(=O)CCC2COCc2ccc(C(=O)O)s2)cc1.CCCCCCC(O)c1ccc(N2C(=O)CCC2CCCc2ccc(C(=O)O)s2)cc1. The van der Waals surface area contributed by atoms with Crippen LogP contribution in [-0.4, -0.2) is 63.5 Å². The first-order chi connectivity index (χ1) is 29.5. The Morgan fingerprint density at radius 2 is 1.25 bits per heavy atom. The van der Waals surface area contributed by atoms with Crippen molar-refractivity contribution in [2.24, 2.45) is 0 Å². The number of carbonyl (C=O) groups excluding carboxylic acids is 3. The number of unbranched alkanes of at least 4 members (excludes halogenated alkanes) is 5. The minimum atomic E-state index is -0.939. The number of ketones is 1. The normalized spacial score (nSPS) is 16.8. The molecular weight excluding hydrogens is 813 g/mol. The second-order valence-electron chi connectivity index (χ2n) is 15.8. The minimum absolute atomic E-state index is 0.0508. The van der Waals surface area contributed by atoms with Crippen molar-refractivity contribution in [2.75, 3.05) is 16.4 Å². The van der Waals surface area contributed by atoms with Crippen LogP contribution in [0.5, 0.6) is 0 Å². The van der Waals surface area contributed by atoms with Crippen LogP contribution in [0.1, 0.15) is 161 Å². The van der Waals surface area contributed by atoms with E-state index in [0.717, 1.165) is 90.9 Å². The van der Waals surface area contributed by atoms with Gasteiger partial charge in [-0.3, -0.25) is 14.4 Å². The topological polar surface area (TPSA) is 162 Å². The van der Waals surface area contributed by atoms with E-state index in [1.165, 1.54) is 35.5 Å². The van der Waals surface area contributed by atoms with Gasteiger partial charge in [0.15, 0.2) is 5.78 Å². The molecule has 0 bridgehead atoms. The van der Waals surface area contributed by atoms with Gasteiger partial charge in [0, 0.05) is 52.0 Å². The Hall–Kier alpha value is -4.69. The molecule has 2 aromatic carbocycles. The molecule has 2 saturated heterocycles. The maximum atomic E-state index is 12.5. The number of carbonyl (C=O) groups is 5. The number of aromatic carboxylic acids is 2. The van der Waals surface area contributed by atoms with Crippen LogP contribution in [0.4, 0.5) is 11.4 Å². The number of ether oxygens (including phenoxy) is 1. The highest BCUT2D eigenvalue weighted by atomic mass is 32.1. The Bertz CT molecular complexity index is 2040. The predicted octanol–water partition coefficient (Wildman–Crippen LogP) is 10.9. The number of rotatable bonds is 23. The van der Waals surface area contributed by atoms with Gasteiger partial charge >= 0.3 is 11.9 Å². The van der Waals surface area contributed by atoms with Gasteiger partial charge in [0.25, 0.3) is 0 Å². The van der Waals surface area contributed by atoms with Gasteiger partial charge in [-0.05, 0) is 111 Å². The molecule has 4 aromatic rings. The van der Waals surface area contributed by atoms with Crippen LogP contribution in [0.25, 0.3) is 0 Å². The van der Waals surface area contributed by atoms with E-state index in [-0.39, 0.29) is 34.6 Å². The van der Waals surface area contributed by atoms with Crippen molar-refractivity contribution >= 4 is 63.6 Å². The van der Waals surface area contributed by atoms with Crippen molar-refractivity contribution < 1.29 is 44.0 Å². The lowest BCUT2D eigenvalue weighted by atomic mass is 10.0. The molecule has 3 unspecified atom stereocenters. The highest BCUT2D eigenvalue weighted by Crippen LogP contribution is 2.32. The summed E-state index contributed by atoms with van der Waals surface area (Å²) in [6.07, 6.45) is 13.7. The van der Waals surface area contributed by atoms with Gasteiger partial charge in [0.05, 0.1) is 25.4 Å². The molecule has 0 spiro atoms. The number of anilines is 2. The first-order valence-electron chi connectivity index (χ1n) is 21.8. The fraction of sp³-hybridized carbons (Fsp3) is 0.479. The van der Waals surface area contributed by atoms with Crippen LogP contribution in [0.3, 0.4) is 0 Å². The van der Waals surface area contributed by atoms with E-state index < -0.39 is 18.0 Å². The predicted molar refractivity (Wildman–Crippen MR) is 241 cm³/mol. The molecule has 4 heterocycles. The van der Waals surface area contributed by atoms with Crippen LogP contribution >= 0.6 is 22.7 Å². The Morgan fingerprint density at radius 1 is 0.689 bits per heavy atom. The first-order valence-corrected chi connectivity index (χ1v) is 23.4. The fourth-order valence-electron chi connectivity index (χ4n) is 7.91. The number of hydrogen-bond acceptors (Lipinski definition) is 9. The van der Waals surface area contributed by atoms with E-state index >= 15 is 0 Å². The lowest BCUT2D eigenvalue weighted by Crippen LogP contribution is -2.36. The molecule has 11 nitrogen and oxygen atoms in total. The molecule has 2 aliphatic heterocycles. The van der Waals surface area contributed by atoms with Crippen LogP contribution in [0.2, 0.25) is 0 Å². The number of aryl methyl sites for hydroxylation is 1. The van der Waals surface area contributed by atoms with E-state index in [1.54, 1.807) is 35.2 Å². The summed E-state index contributed by atoms with van der Waals surface area (Å²) in [7, 11) is 0. The molecule has 2 amide bonds. The summed E-state index contributed by atoms with van der Waals surface area (Å²) in [6, 6.07) is 22.1. The Morgan fingerprint density at radius 3 is 1.85 bits per heavy atom. The Labute approximate surface area is 367 Å². The zero-order chi connectivity index (χ0) is 43.7. The van der Waals surface area contributed by atoms with Gasteiger partial charge in [-0.2, -0.15) is 0 Å². The standard InChI is InChI=1S/C25H33NO4S.C23H27NO5S/c1-2-3-4-5-9-22(27)18-10-12-20(13-11-18)26-19(14-17-24(26)28)7-6-8-21-15-16-23(31-21)25(29)30;1-2-3-4-5-20(25)16-6-8-17(9-7-16)24-18(10-13-22(24)26)14-29-15-19-11-12-21(30-19)23(27)28/h10-13,15-16,19,22,27H,2-9,14,17H2,1H3,(H,29,30);6-9,11-12,18H,2-5,10,13-15H2,1H3,(H,27,28). The number of aliphatic hydroxyl groups is 1. The van der Waals surface area contributed by atoms with Gasteiger partial charge in [-0.1, -0.05) is 64.5 Å². The average molecular weight is 873 g/mol. The molecule has 6 rings (SSSR count). The molecular formula is C48H60N2O9S2. The third kappa shape index (κ3) is 13.9. The number of benzene rings is 2. The lowest BCUT2D eigenvalue weighted by Gasteiger charge is -2.25. The molecule has 13 heteroatoms. The Kier molecular flexibility index (Phi) is 18.7. The minimum Gasteiger partial charge on any atom is -0.477 e. The van der Waals surface area contributed by atoms with Crippen molar-refractivity contribution in [2.45, 2.75) is 141 Å². The zero-order valence-corrected chi connectivity index (χ0v) is 37.0. The van der Waals surface area contributed by atoms with Crippen molar-refractivity contribution in [1.82, 2.24) is 0 Å². The largest absolute Gasteiger partial charge is 0.477 e. The third-order valence-electron chi connectivity index (χ3n) is 11.3. The van der Waals surface area contributed by atoms with Crippen LogP contribution in [0, 0.1) is 0 Å². The second-order valence-corrected chi connectivity index (χ2v) is 18.2. The van der Waals surface area contributed by atoms with Gasteiger partial charge in [0.2, 0.25) is 11.8 Å². The van der Waals surface area contributed by atoms with Crippen molar-refractivity contribution in [3.63, 3.8) is 0 Å². The summed E-state index contributed by atoms with van der Waals surface area (Å²) >= 11 is 2.53. The van der Waals surface area contributed by atoms with E-state index in [0.29, 0.717) is 49.3 Å². The number of aliphatic hydroxyl groups excluding tert-OH is 1. The van der Waals surface area contributed by atoms with Crippen molar-refractivity contribution in [3.05, 3.63) is 103 Å². The van der Waals surface area contributed by atoms with Crippen LogP contribution in [0.15, 0.2) is 72.8 Å². The van der Waals surface area contributed by atoms with E-state index in [9.17, 15) is 29.1 Å². The second kappa shape index (κ2) is 24.1. The lowest BCUT2D eigenvalue weighted by molar-refractivity contribution is -0.118. The highest BCUT2D eigenvalue weighted by Gasteiger charge is 2.33. The average Bonchev–Trinajstić information content (AvgIpc) is 4.08. The molecule has 328 valence electrons. The number of carboxylic acids is 2. The quantitative estimate of drug-likeness (QED) is 0.0486. The molecule has 2 aromatic heterocycles. The van der Waals surface area contributed by atoms with Gasteiger partial charge < -0.3 is 29.9 Å². The van der Waals surface area contributed by atoms with Crippen molar-refractivity contribution in [3.8, 4) is 0 Å². The molecule has 2 fully saturated rings. The summed E-state index contributed by atoms with van der Waals surface area (Å²) in [4.78, 5) is 65.5. The maximum Gasteiger partial charge on any atom is 0.345 e. The molecule has 61 heavy (non-hydrogen) atoms. The fourth-order valence-corrected chi connectivity index (χ4v) is 9.58. The first kappa shape index (κ1) is 47.4. The van der Waals surface area contributed by atoms with Crippen molar-refractivity contribution in [1.29, 1.82) is 0 Å². The number of carboxylic acid groups (broad SMARTS) is 2. The summed E-state index contributed by atoms with van der Waals surface area (Å²) in [5.74, 6) is -1.47. The third-order valence-corrected chi connectivity index (χ3v) is 13.5. The molecule has 3 N–H and O–H groups in total. The van der Waals surface area contributed by atoms with Gasteiger partial charge in [0.1, 0.15) is 9.75 Å². The van der Waals surface area contributed by atoms with Crippen LogP contribution < -0.4 is 9.80 Å².